The van der Waals surface area contributed by atoms with Gasteiger partial charge in [-0.15, -0.1) is 0 Å². The molecule has 156 valence electrons. The number of carbonyl (C=O) groups is 2. The minimum absolute atomic E-state index is 0.194. The lowest BCUT2D eigenvalue weighted by Gasteiger charge is -2.12. The summed E-state index contributed by atoms with van der Waals surface area (Å²) in [6.07, 6.45) is -1.89. The van der Waals surface area contributed by atoms with Crippen LogP contribution < -0.4 is 4.74 Å². The van der Waals surface area contributed by atoms with Gasteiger partial charge in [-0.05, 0) is 36.6 Å². The van der Waals surface area contributed by atoms with E-state index in [-0.39, 0.29) is 17.6 Å². The first kappa shape index (κ1) is 21.2. The Hall–Kier alpha value is -3.55. The highest BCUT2D eigenvalue weighted by Gasteiger charge is 2.39. The zero-order valence-corrected chi connectivity index (χ0v) is 15.8. The summed E-state index contributed by atoms with van der Waals surface area (Å²) >= 11 is 0. The van der Waals surface area contributed by atoms with Crippen LogP contribution in [-0.2, 0) is 26.9 Å². The molecule has 0 saturated heterocycles. The second kappa shape index (κ2) is 8.44. The fourth-order valence-electron chi connectivity index (χ4n) is 3.03. The predicted molar refractivity (Wildman–Crippen MR) is 104 cm³/mol. The van der Waals surface area contributed by atoms with Gasteiger partial charge in [0, 0.05) is 22.9 Å². The monoisotopic (exact) mass is 418 g/mol. The van der Waals surface area contributed by atoms with Gasteiger partial charge in [0.25, 0.3) is 0 Å². The molecular weight excluding hydrogens is 401 g/mol. The molecule has 0 amide bonds. The fourth-order valence-corrected chi connectivity index (χ4v) is 3.03. The maximum atomic E-state index is 13.7. The summed E-state index contributed by atoms with van der Waals surface area (Å²) in [4.78, 5) is 22.5. The molecule has 0 aliphatic heterocycles. The smallest absolute Gasteiger partial charge is 0.423 e. The van der Waals surface area contributed by atoms with Gasteiger partial charge in [0.1, 0.15) is 16.9 Å². The van der Waals surface area contributed by atoms with E-state index in [4.69, 9.17) is 13.9 Å². The minimum atomic E-state index is -4.80. The van der Waals surface area contributed by atoms with E-state index in [9.17, 15) is 22.8 Å². The molecule has 5 nitrogen and oxygen atoms in total. The van der Waals surface area contributed by atoms with E-state index in [1.54, 1.807) is 18.2 Å². The van der Waals surface area contributed by atoms with Crippen LogP contribution in [0.2, 0.25) is 0 Å². The molecule has 1 aromatic heterocycles. The molecule has 0 fully saturated rings. The van der Waals surface area contributed by atoms with Crippen molar-refractivity contribution in [2.45, 2.75) is 19.0 Å². The molecule has 2 aromatic carbocycles. The van der Waals surface area contributed by atoms with Crippen LogP contribution in [0.25, 0.3) is 21.9 Å². The molecule has 0 unspecified atom stereocenters. The number of furan rings is 1. The topological polar surface area (TPSA) is 65.7 Å². The van der Waals surface area contributed by atoms with Crippen molar-refractivity contribution in [1.29, 1.82) is 0 Å². The number of rotatable bonds is 7. The second-order valence-electron chi connectivity index (χ2n) is 6.35. The van der Waals surface area contributed by atoms with Gasteiger partial charge in [0.15, 0.2) is 5.58 Å². The number of alkyl halides is 3. The van der Waals surface area contributed by atoms with Crippen LogP contribution in [0.15, 0.2) is 60.1 Å². The first-order valence-corrected chi connectivity index (χ1v) is 8.93. The van der Waals surface area contributed by atoms with E-state index in [2.05, 4.69) is 13.2 Å². The van der Waals surface area contributed by atoms with Crippen molar-refractivity contribution in [3.63, 3.8) is 0 Å². The zero-order valence-electron chi connectivity index (χ0n) is 15.8. The van der Waals surface area contributed by atoms with Gasteiger partial charge in [0.05, 0.1) is 6.61 Å². The summed E-state index contributed by atoms with van der Waals surface area (Å²) in [5.74, 6) is -2.17. The van der Waals surface area contributed by atoms with Crippen molar-refractivity contribution in [3.8, 4) is 5.75 Å². The number of carbonyl (C=O) groups excluding carboxylic acids is 2. The molecular formula is C22H17F3O5. The zero-order chi connectivity index (χ0) is 21.9. The maximum Gasteiger partial charge on any atom is 0.423 e. The number of hydrogen-bond acceptors (Lipinski definition) is 5. The highest BCUT2D eigenvalue weighted by atomic mass is 19.4. The Morgan fingerprint density at radius 2 is 1.73 bits per heavy atom. The van der Waals surface area contributed by atoms with Crippen molar-refractivity contribution in [1.82, 2.24) is 0 Å². The lowest BCUT2D eigenvalue weighted by atomic mass is 10.0. The third-order valence-electron chi connectivity index (χ3n) is 4.35. The maximum absolute atomic E-state index is 13.7. The Labute approximate surface area is 169 Å². The molecule has 0 aliphatic carbocycles. The molecule has 8 heteroatoms. The van der Waals surface area contributed by atoms with Gasteiger partial charge in [-0.25, -0.2) is 9.59 Å². The minimum Gasteiger partial charge on any atom is -0.463 e. The Bertz CT molecular complexity index is 1140. The van der Waals surface area contributed by atoms with Crippen molar-refractivity contribution in [2.75, 3.05) is 6.61 Å². The Morgan fingerprint density at radius 3 is 2.40 bits per heavy atom. The summed E-state index contributed by atoms with van der Waals surface area (Å²) in [7, 11) is 0. The Morgan fingerprint density at radius 1 is 1.03 bits per heavy atom. The Kier molecular flexibility index (Phi) is 5.96. The van der Waals surface area contributed by atoms with Gasteiger partial charge in [0.2, 0.25) is 0 Å². The third-order valence-corrected chi connectivity index (χ3v) is 4.35. The van der Waals surface area contributed by atoms with Crippen LogP contribution in [0.1, 0.15) is 17.5 Å². The first-order valence-electron chi connectivity index (χ1n) is 8.93. The van der Waals surface area contributed by atoms with Gasteiger partial charge in [-0.2, -0.15) is 13.2 Å². The van der Waals surface area contributed by atoms with Crippen molar-refractivity contribution >= 4 is 33.9 Å². The summed E-state index contributed by atoms with van der Waals surface area (Å²) in [6, 6.07) is 7.58. The average molecular weight is 418 g/mol. The highest BCUT2D eigenvalue weighted by molar-refractivity contribution is 6.07. The number of halogens is 3. The molecule has 0 bridgehead atoms. The largest absolute Gasteiger partial charge is 0.463 e. The average Bonchev–Trinajstić information content (AvgIpc) is 3.07. The van der Waals surface area contributed by atoms with Crippen LogP contribution in [0.4, 0.5) is 13.2 Å². The van der Waals surface area contributed by atoms with Gasteiger partial charge in [-0.1, -0.05) is 25.3 Å². The highest BCUT2D eigenvalue weighted by Crippen LogP contribution is 2.44. The van der Waals surface area contributed by atoms with Crippen LogP contribution in [-0.4, -0.2) is 18.5 Å². The molecule has 30 heavy (non-hydrogen) atoms. The number of hydrogen-bond donors (Lipinski definition) is 0. The quantitative estimate of drug-likeness (QED) is 0.224. The van der Waals surface area contributed by atoms with Gasteiger partial charge >= 0.3 is 18.1 Å². The molecule has 3 rings (SSSR count). The standard InChI is InChI=1S/C22H17F3O5/c1-3-18(26)28-11-5-6-13-7-8-14-15-9-10-16(29-19(27)4-2)20(22(23,24)25)21(15)30-17(14)12-13/h3-4,7-10,12H,1-2,5-6,11H2. The van der Waals surface area contributed by atoms with Crippen molar-refractivity contribution in [3.05, 3.63) is 66.8 Å². The summed E-state index contributed by atoms with van der Waals surface area (Å²) in [5, 5.41) is 0.751. The number of fused-ring (bicyclic) bond motifs is 3. The van der Waals surface area contributed by atoms with E-state index >= 15 is 0 Å². The molecule has 0 aliphatic rings. The lowest BCUT2D eigenvalue weighted by molar-refractivity contribution is -0.140. The van der Waals surface area contributed by atoms with Crippen LogP contribution in [0.5, 0.6) is 5.75 Å². The fraction of sp³-hybridized carbons (Fsp3) is 0.182. The third kappa shape index (κ3) is 4.37. The van der Waals surface area contributed by atoms with Gasteiger partial charge < -0.3 is 13.9 Å². The van der Waals surface area contributed by atoms with Crippen LogP contribution in [0, 0.1) is 0 Å². The molecule has 0 N–H and O–H groups in total. The number of ether oxygens (including phenoxy) is 2. The molecule has 0 spiro atoms. The van der Waals surface area contributed by atoms with Crippen LogP contribution >= 0.6 is 0 Å². The SMILES string of the molecule is C=CC(=O)OCCCc1ccc2c(c1)oc1c(C(F)(F)F)c(OC(=O)C=C)ccc12. The van der Waals surface area contributed by atoms with Crippen LogP contribution in [0.3, 0.4) is 0 Å². The van der Waals surface area contributed by atoms with Crippen molar-refractivity contribution in [2.24, 2.45) is 0 Å². The number of aryl methyl sites for hydroxylation is 1. The molecule has 0 saturated carbocycles. The molecule has 1 heterocycles. The predicted octanol–water partition coefficient (Wildman–Crippen LogP) is 5.36. The van der Waals surface area contributed by atoms with Crippen molar-refractivity contribution < 1.29 is 36.7 Å². The molecule has 0 radical (unpaired) electrons. The van der Waals surface area contributed by atoms with E-state index in [1.807, 2.05) is 0 Å². The first-order chi connectivity index (χ1) is 14.2. The summed E-state index contributed by atoms with van der Waals surface area (Å²) < 4.78 is 56.3. The summed E-state index contributed by atoms with van der Waals surface area (Å²) in [6.45, 7) is 6.69. The Balaban J connectivity index is 1.98. The second-order valence-corrected chi connectivity index (χ2v) is 6.35. The van der Waals surface area contributed by atoms with E-state index < -0.39 is 35.0 Å². The van der Waals surface area contributed by atoms with E-state index in [1.165, 1.54) is 6.07 Å². The number of benzene rings is 2. The van der Waals surface area contributed by atoms with E-state index in [0.29, 0.717) is 18.2 Å². The molecule has 3 aromatic rings. The number of esters is 2. The summed E-state index contributed by atoms with van der Waals surface area (Å²) in [5.41, 5.74) is -0.500. The lowest BCUT2D eigenvalue weighted by Crippen LogP contribution is -2.12. The van der Waals surface area contributed by atoms with Gasteiger partial charge in [-0.3, -0.25) is 0 Å². The molecule has 0 atom stereocenters. The van der Waals surface area contributed by atoms with E-state index in [0.717, 1.165) is 23.8 Å². The normalized spacial score (nSPS) is 11.4.